The number of nitrogens with one attached hydrogen (secondary N) is 1. The van der Waals surface area contributed by atoms with Crippen molar-refractivity contribution in [2.75, 3.05) is 19.5 Å². The molecule has 0 spiro atoms. The zero-order valence-corrected chi connectivity index (χ0v) is 17.4. The van der Waals surface area contributed by atoms with Crippen LogP contribution in [0, 0.1) is 6.92 Å². The second-order valence-corrected chi connectivity index (χ2v) is 7.50. The summed E-state index contributed by atoms with van der Waals surface area (Å²) in [5.74, 6) is 1.67. The second kappa shape index (κ2) is 8.18. The van der Waals surface area contributed by atoms with Crippen LogP contribution in [0.25, 0.3) is 10.9 Å². The number of carbonyl (C=O) groups is 1. The molecule has 7 heteroatoms. The first kappa shape index (κ1) is 19.9. The van der Waals surface area contributed by atoms with Gasteiger partial charge in [0.05, 0.1) is 25.1 Å². The van der Waals surface area contributed by atoms with E-state index in [9.17, 15) is 9.59 Å². The number of carbonyl (C=O) groups excluding carboxylic acids is 1. The number of ether oxygens (including phenoxy) is 2. The smallest absolute Gasteiger partial charge is 0.261 e. The van der Waals surface area contributed by atoms with Crippen molar-refractivity contribution in [3.63, 3.8) is 0 Å². The van der Waals surface area contributed by atoms with Crippen LogP contribution in [-0.4, -0.2) is 29.7 Å². The molecule has 0 saturated heterocycles. The lowest BCUT2D eigenvalue weighted by molar-refractivity contribution is 0.102. The van der Waals surface area contributed by atoms with Crippen molar-refractivity contribution in [1.82, 2.24) is 9.55 Å². The van der Waals surface area contributed by atoms with Crippen LogP contribution in [0.2, 0.25) is 0 Å². The van der Waals surface area contributed by atoms with E-state index in [2.05, 4.69) is 5.32 Å². The first-order chi connectivity index (χ1) is 14.5. The highest BCUT2D eigenvalue weighted by molar-refractivity contribution is 6.06. The molecule has 2 heterocycles. The number of hydrogen-bond acceptors (Lipinski definition) is 5. The van der Waals surface area contributed by atoms with Gasteiger partial charge in [-0.2, -0.15) is 0 Å². The summed E-state index contributed by atoms with van der Waals surface area (Å²) < 4.78 is 12.4. The highest BCUT2D eigenvalue weighted by atomic mass is 16.5. The van der Waals surface area contributed by atoms with E-state index in [1.165, 1.54) is 0 Å². The van der Waals surface area contributed by atoms with Gasteiger partial charge in [0.2, 0.25) is 0 Å². The van der Waals surface area contributed by atoms with Crippen molar-refractivity contribution < 1.29 is 14.3 Å². The average molecular weight is 407 g/mol. The number of anilines is 1. The van der Waals surface area contributed by atoms with Crippen LogP contribution in [0.5, 0.6) is 11.5 Å². The molecule has 1 aliphatic rings. The maximum Gasteiger partial charge on any atom is 0.261 e. The van der Waals surface area contributed by atoms with E-state index in [4.69, 9.17) is 14.5 Å². The monoisotopic (exact) mass is 407 g/mol. The molecule has 0 bridgehead atoms. The quantitative estimate of drug-likeness (QED) is 0.713. The molecule has 0 atom stereocenters. The van der Waals surface area contributed by atoms with E-state index >= 15 is 0 Å². The van der Waals surface area contributed by atoms with Crippen molar-refractivity contribution in [2.45, 2.75) is 39.2 Å². The summed E-state index contributed by atoms with van der Waals surface area (Å²) in [7, 11) is 3.12. The highest BCUT2D eigenvalue weighted by Crippen LogP contribution is 2.33. The molecule has 1 aliphatic heterocycles. The maximum atomic E-state index is 12.9. The molecule has 1 aromatic heterocycles. The van der Waals surface area contributed by atoms with Gasteiger partial charge < -0.3 is 14.8 Å². The van der Waals surface area contributed by atoms with Gasteiger partial charge in [0, 0.05) is 30.3 Å². The molecular weight excluding hydrogens is 382 g/mol. The lowest BCUT2D eigenvalue weighted by Gasteiger charge is -2.14. The molecule has 0 saturated carbocycles. The fourth-order valence-corrected chi connectivity index (χ4v) is 3.87. The van der Waals surface area contributed by atoms with Gasteiger partial charge in [-0.05, 0) is 49.6 Å². The summed E-state index contributed by atoms with van der Waals surface area (Å²) in [5, 5.41) is 3.46. The number of nitrogens with zero attached hydrogens (tertiary/aromatic N) is 2. The number of aryl methyl sites for hydroxylation is 2. The maximum absolute atomic E-state index is 12.9. The molecular formula is C23H25N3O4. The third-order valence-corrected chi connectivity index (χ3v) is 5.56. The molecule has 1 N–H and O–H groups in total. The first-order valence-electron chi connectivity index (χ1n) is 10.1. The highest BCUT2D eigenvalue weighted by Gasteiger charge is 2.16. The number of amides is 1. The summed E-state index contributed by atoms with van der Waals surface area (Å²) in [6, 6.07) is 8.60. The van der Waals surface area contributed by atoms with Gasteiger partial charge in [0.25, 0.3) is 11.5 Å². The molecule has 0 aliphatic carbocycles. The Morgan fingerprint density at radius 3 is 2.60 bits per heavy atom. The van der Waals surface area contributed by atoms with E-state index in [1.807, 2.05) is 13.0 Å². The fourth-order valence-electron chi connectivity index (χ4n) is 3.87. The minimum atomic E-state index is -0.274. The van der Waals surface area contributed by atoms with E-state index in [0.29, 0.717) is 40.2 Å². The van der Waals surface area contributed by atoms with Gasteiger partial charge in [0.15, 0.2) is 11.5 Å². The first-order valence-corrected chi connectivity index (χ1v) is 10.1. The van der Waals surface area contributed by atoms with Crippen LogP contribution in [0.15, 0.2) is 35.1 Å². The van der Waals surface area contributed by atoms with Gasteiger partial charge in [-0.3, -0.25) is 14.2 Å². The Morgan fingerprint density at radius 1 is 1.07 bits per heavy atom. The summed E-state index contributed by atoms with van der Waals surface area (Å²) >= 11 is 0. The predicted octanol–water partition coefficient (Wildman–Crippen LogP) is 3.70. The van der Waals surface area contributed by atoms with E-state index in [1.54, 1.807) is 43.1 Å². The van der Waals surface area contributed by atoms with Gasteiger partial charge in [0.1, 0.15) is 5.82 Å². The van der Waals surface area contributed by atoms with Gasteiger partial charge in [-0.15, -0.1) is 0 Å². The SMILES string of the molecule is COc1cc(C)c(NC(=O)c2ccc3c(=O)n4c(nc3c2)CCCCC4)cc1OC. The fraction of sp³-hybridized carbons (Fsp3) is 0.348. The third kappa shape index (κ3) is 3.63. The molecule has 0 unspecified atom stereocenters. The summed E-state index contributed by atoms with van der Waals surface area (Å²) in [6.07, 6.45) is 3.89. The molecule has 1 amide bonds. The molecule has 0 radical (unpaired) electrons. The molecule has 0 fully saturated rings. The lowest BCUT2D eigenvalue weighted by atomic mass is 10.1. The Labute approximate surface area is 174 Å². The molecule has 3 aromatic rings. The van der Waals surface area contributed by atoms with Crippen molar-refractivity contribution in [1.29, 1.82) is 0 Å². The normalized spacial score (nSPS) is 13.4. The number of methoxy groups -OCH3 is 2. The molecule has 4 rings (SSSR count). The van der Waals surface area contributed by atoms with E-state index in [-0.39, 0.29) is 11.5 Å². The van der Waals surface area contributed by atoms with Crippen LogP contribution in [-0.2, 0) is 13.0 Å². The number of rotatable bonds is 4. The predicted molar refractivity (Wildman–Crippen MR) is 116 cm³/mol. The van der Waals surface area contributed by atoms with Crippen LogP contribution in [0.3, 0.4) is 0 Å². The summed E-state index contributed by atoms with van der Waals surface area (Å²) in [4.78, 5) is 30.5. The van der Waals surface area contributed by atoms with Gasteiger partial charge in [-0.25, -0.2) is 4.98 Å². The number of hydrogen-bond donors (Lipinski definition) is 1. The Bertz CT molecular complexity index is 1180. The zero-order valence-electron chi connectivity index (χ0n) is 17.4. The van der Waals surface area contributed by atoms with Gasteiger partial charge in [-0.1, -0.05) is 6.42 Å². The van der Waals surface area contributed by atoms with Gasteiger partial charge >= 0.3 is 0 Å². The minimum absolute atomic E-state index is 0.0282. The third-order valence-electron chi connectivity index (χ3n) is 5.56. The Balaban J connectivity index is 1.68. The Hall–Kier alpha value is -3.35. The second-order valence-electron chi connectivity index (χ2n) is 7.50. The topological polar surface area (TPSA) is 82.5 Å². The van der Waals surface area contributed by atoms with Crippen LogP contribution < -0.4 is 20.3 Å². The zero-order chi connectivity index (χ0) is 21.3. The minimum Gasteiger partial charge on any atom is -0.493 e. The van der Waals surface area contributed by atoms with E-state index < -0.39 is 0 Å². The average Bonchev–Trinajstić information content (AvgIpc) is 3.00. The largest absolute Gasteiger partial charge is 0.493 e. The number of benzene rings is 2. The lowest BCUT2D eigenvalue weighted by Crippen LogP contribution is -2.24. The van der Waals surface area contributed by atoms with Crippen molar-refractivity contribution in [2.24, 2.45) is 0 Å². The van der Waals surface area contributed by atoms with Crippen molar-refractivity contribution in [3.8, 4) is 11.5 Å². The van der Waals surface area contributed by atoms with Crippen molar-refractivity contribution in [3.05, 3.63) is 57.6 Å². The molecule has 30 heavy (non-hydrogen) atoms. The molecule has 156 valence electrons. The Morgan fingerprint density at radius 2 is 1.83 bits per heavy atom. The molecule has 7 nitrogen and oxygen atoms in total. The number of aromatic nitrogens is 2. The number of fused-ring (bicyclic) bond motifs is 2. The summed E-state index contributed by atoms with van der Waals surface area (Å²) in [5.41, 5.74) is 2.46. The summed E-state index contributed by atoms with van der Waals surface area (Å²) in [6.45, 7) is 2.59. The standard InChI is InChI=1S/C23H25N3O4/c1-14-11-19(29-2)20(30-3)13-17(14)25-22(27)15-8-9-16-18(12-15)24-21-7-5-4-6-10-26(21)23(16)28/h8-9,11-13H,4-7,10H2,1-3H3,(H,25,27). The van der Waals surface area contributed by atoms with Crippen LogP contribution in [0.1, 0.15) is 41.0 Å². The van der Waals surface area contributed by atoms with Crippen LogP contribution in [0.4, 0.5) is 5.69 Å². The molecule has 2 aromatic carbocycles. The van der Waals surface area contributed by atoms with Crippen molar-refractivity contribution >= 4 is 22.5 Å². The Kier molecular flexibility index (Phi) is 5.44. The van der Waals surface area contributed by atoms with E-state index in [0.717, 1.165) is 37.1 Å². The van der Waals surface area contributed by atoms with Crippen LogP contribution >= 0.6 is 0 Å².